The topological polar surface area (TPSA) is 67.8 Å². The highest BCUT2D eigenvalue weighted by molar-refractivity contribution is 7.99. The van der Waals surface area contributed by atoms with Crippen LogP contribution in [-0.4, -0.2) is 26.1 Å². The van der Waals surface area contributed by atoms with Crippen molar-refractivity contribution in [2.45, 2.75) is 19.0 Å². The van der Waals surface area contributed by atoms with E-state index in [1.807, 2.05) is 13.8 Å². The Morgan fingerprint density at radius 1 is 1.45 bits per heavy atom. The van der Waals surface area contributed by atoms with E-state index in [4.69, 9.17) is 0 Å². The van der Waals surface area contributed by atoms with Gasteiger partial charge < -0.3 is 4.98 Å². The summed E-state index contributed by atoms with van der Waals surface area (Å²) in [5.41, 5.74) is 1.51. The van der Waals surface area contributed by atoms with Crippen LogP contribution in [0.3, 0.4) is 0 Å². The molecule has 0 radical (unpaired) electrons. The Morgan fingerprint density at radius 3 is 2.91 bits per heavy atom. The van der Waals surface area contributed by atoms with Gasteiger partial charge in [-0.25, -0.2) is 4.98 Å². The number of H-pyrrole nitrogens is 1. The van der Waals surface area contributed by atoms with Crippen LogP contribution in [0.1, 0.15) is 20.9 Å². The summed E-state index contributed by atoms with van der Waals surface area (Å²) in [6, 6.07) is 3.53. The predicted molar refractivity (Wildman–Crippen MR) is 90.2 cm³/mol. The predicted octanol–water partition coefficient (Wildman–Crippen LogP) is 2.91. The van der Waals surface area contributed by atoms with Crippen LogP contribution in [0.15, 0.2) is 28.3 Å². The Kier molecular flexibility index (Phi) is 3.92. The van der Waals surface area contributed by atoms with Crippen molar-refractivity contribution in [3.8, 4) is 0 Å². The molecule has 7 heteroatoms. The number of Topliss-reactive ketones (excluding diaryl/α,β-unsaturated/α-hetero) is 1. The number of nitrogens with zero attached hydrogens (tertiary/aromatic N) is 2. The molecule has 0 aliphatic rings. The fraction of sp³-hybridized carbons (Fsp3) is 0.267. The summed E-state index contributed by atoms with van der Waals surface area (Å²) in [7, 11) is 1.70. The zero-order valence-electron chi connectivity index (χ0n) is 12.5. The highest BCUT2D eigenvalue weighted by Crippen LogP contribution is 2.28. The van der Waals surface area contributed by atoms with Gasteiger partial charge in [-0.3, -0.25) is 14.2 Å². The molecule has 5 nitrogen and oxygen atoms in total. The Bertz CT molecular complexity index is 907. The van der Waals surface area contributed by atoms with Gasteiger partial charge >= 0.3 is 0 Å². The van der Waals surface area contributed by atoms with Gasteiger partial charge in [-0.1, -0.05) is 11.8 Å². The highest BCUT2D eigenvalue weighted by Gasteiger charge is 2.16. The minimum atomic E-state index is -0.0540. The molecule has 0 unspecified atom stereocenters. The zero-order chi connectivity index (χ0) is 15.9. The number of nitrogens with one attached hydrogen (secondary N) is 1. The van der Waals surface area contributed by atoms with Crippen molar-refractivity contribution < 1.29 is 4.79 Å². The van der Waals surface area contributed by atoms with Crippen molar-refractivity contribution in [1.82, 2.24) is 14.5 Å². The second-order valence-electron chi connectivity index (χ2n) is 5.02. The third-order valence-electron chi connectivity index (χ3n) is 3.60. The molecule has 114 valence electrons. The molecular weight excluding hydrogens is 318 g/mol. The van der Waals surface area contributed by atoms with Crippen LogP contribution in [0.4, 0.5) is 0 Å². The molecule has 0 fully saturated rings. The molecule has 0 spiro atoms. The van der Waals surface area contributed by atoms with Gasteiger partial charge in [-0.2, -0.15) is 0 Å². The number of thioether (sulfide) groups is 1. The van der Waals surface area contributed by atoms with Gasteiger partial charge in [0.25, 0.3) is 5.56 Å². The lowest BCUT2D eigenvalue weighted by atomic mass is 10.2. The summed E-state index contributed by atoms with van der Waals surface area (Å²) in [6.07, 6.45) is 1.72. The molecule has 0 saturated carbocycles. The monoisotopic (exact) mass is 333 g/mol. The van der Waals surface area contributed by atoms with E-state index in [0.717, 1.165) is 15.3 Å². The number of ketones is 1. The second-order valence-corrected chi connectivity index (χ2v) is 7.16. The van der Waals surface area contributed by atoms with Crippen LogP contribution in [-0.2, 0) is 7.05 Å². The van der Waals surface area contributed by atoms with E-state index in [0.29, 0.717) is 16.2 Å². The maximum Gasteiger partial charge on any atom is 0.262 e. The van der Waals surface area contributed by atoms with E-state index < -0.39 is 0 Å². The van der Waals surface area contributed by atoms with Gasteiger partial charge in [-0.05, 0) is 31.5 Å². The van der Waals surface area contributed by atoms with Gasteiger partial charge in [0.15, 0.2) is 10.9 Å². The number of hydrogen-bond donors (Lipinski definition) is 1. The van der Waals surface area contributed by atoms with Crippen LogP contribution in [0.25, 0.3) is 10.2 Å². The Labute approximate surface area is 135 Å². The Balaban J connectivity index is 1.93. The molecule has 0 saturated heterocycles. The number of carbonyl (C=O) groups excluding carboxylic acids is 1. The fourth-order valence-corrected chi connectivity index (χ4v) is 4.12. The molecule has 0 aliphatic carbocycles. The number of aryl methyl sites for hydroxylation is 2. The first-order valence-electron chi connectivity index (χ1n) is 6.75. The second kappa shape index (κ2) is 5.73. The molecule has 3 rings (SSSR count). The summed E-state index contributed by atoms with van der Waals surface area (Å²) in [4.78, 5) is 33.8. The Hall–Kier alpha value is -1.86. The SMILES string of the molecule is Cc1sc2nc(SCC(=O)c3ccc[nH]3)n(C)c(=O)c2c1C. The number of aromatic nitrogens is 3. The smallest absolute Gasteiger partial charge is 0.262 e. The number of carbonyl (C=O) groups is 1. The lowest BCUT2D eigenvalue weighted by Gasteiger charge is -2.06. The average molecular weight is 333 g/mol. The zero-order valence-corrected chi connectivity index (χ0v) is 14.1. The molecule has 0 atom stereocenters. The maximum atomic E-state index is 12.5. The van der Waals surface area contributed by atoms with Crippen LogP contribution < -0.4 is 5.56 Å². The molecule has 3 heterocycles. The van der Waals surface area contributed by atoms with Gasteiger partial charge in [0, 0.05) is 18.1 Å². The molecule has 3 aromatic heterocycles. The van der Waals surface area contributed by atoms with Crippen LogP contribution in [0.2, 0.25) is 0 Å². The average Bonchev–Trinajstić information content (AvgIpc) is 3.11. The highest BCUT2D eigenvalue weighted by atomic mass is 32.2. The van der Waals surface area contributed by atoms with Crippen molar-refractivity contribution in [2.24, 2.45) is 7.05 Å². The lowest BCUT2D eigenvalue weighted by molar-refractivity contribution is 0.101. The standard InChI is InChI=1S/C15H15N3O2S2/c1-8-9(2)22-13-12(8)14(20)18(3)15(17-13)21-7-11(19)10-5-4-6-16-10/h4-6,16H,7H2,1-3H3. The Morgan fingerprint density at radius 2 is 2.23 bits per heavy atom. The van der Waals surface area contributed by atoms with Gasteiger partial charge in [-0.15, -0.1) is 11.3 Å². The molecule has 0 bridgehead atoms. The molecular formula is C15H15N3O2S2. The summed E-state index contributed by atoms with van der Waals surface area (Å²) in [6.45, 7) is 3.93. The summed E-state index contributed by atoms with van der Waals surface area (Å²) in [5, 5.41) is 1.25. The lowest BCUT2D eigenvalue weighted by Crippen LogP contribution is -2.20. The number of thiophene rings is 1. The summed E-state index contributed by atoms with van der Waals surface area (Å²) < 4.78 is 1.52. The summed E-state index contributed by atoms with van der Waals surface area (Å²) >= 11 is 2.81. The minimum Gasteiger partial charge on any atom is -0.359 e. The maximum absolute atomic E-state index is 12.5. The van der Waals surface area contributed by atoms with Crippen molar-refractivity contribution in [1.29, 1.82) is 0 Å². The van der Waals surface area contributed by atoms with Crippen molar-refractivity contribution in [3.05, 3.63) is 44.8 Å². The normalized spacial score (nSPS) is 11.2. The first-order chi connectivity index (χ1) is 10.5. The largest absolute Gasteiger partial charge is 0.359 e. The molecule has 0 aliphatic heterocycles. The first kappa shape index (κ1) is 15.1. The van der Waals surface area contributed by atoms with Gasteiger partial charge in [0.1, 0.15) is 4.83 Å². The van der Waals surface area contributed by atoms with Gasteiger partial charge in [0.05, 0.1) is 16.8 Å². The van der Waals surface area contributed by atoms with E-state index in [2.05, 4.69) is 9.97 Å². The van der Waals surface area contributed by atoms with Crippen LogP contribution in [0, 0.1) is 13.8 Å². The minimum absolute atomic E-state index is 0.0112. The number of aromatic amines is 1. The van der Waals surface area contributed by atoms with Crippen LogP contribution >= 0.6 is 23.1 Å². The fourth-order valence-electron chi connectivity index (χ4n) is 2.20. The molecule has 1 N–H and O–H groups in total. The third-order valence-corrected chi connectivity index (χ3v) is 5.73. The van der Waals surface area contributed by atoms with Crippen molar-refractivity contribution >= 4 is 39.1 Å². The molecule has 22 heavy (non-hydrogen) atoms. The quantitative estimate of drug-likeness (QED) is 0.453. The summed E-state index contributed by atoms with van der Waals surface area (Å²) in [5.74, 6) is 0.234. The number of fused-ring (bicyclic) bond motifs is 1. The van der Waals surface area contributed by atoms with E-state index in [9.17, 15) is 9.59 Å². The molecule has 0 amide bonds. The molecule has 0 aromatic carbocycles. The van der Waals surface area contributed by atoms with Crippen molar-refractivity contribution in [2.75, 3.05) is 5.75 Å². The number of rotatable bonds is 4. The van der Waals surface area contributed by atoms with Gasteiger partial charge in [0.2, 0.25) is 0 Å². The third kappa shape index (κ3) is 2.50. The van der Waals surface area contributed by atoms with E-state index in [1.165, 1.54) is 27.7 Å². The van der Waals surface area contributed by atoms with Crippen LogP contribution in [0.5, 0.6) is 0 Å². The van der Waals surface area contributed by atoms with E-state index in [1.54, 1.807) is 25.4 Å². The van der Waals surface area contributed by atoms with E-state index >= 15 is 0 Å². The molecule has 3 aromatic rings. The van der Waals surface area contributed by atoms with E-state index in [-0.39, 0.29) is 17.1 Å². The number of hydrogen-bond acceptors (Lipinski definition) is 5. The van der Waals surface area contributed by atoms with Crippen molar-refractivity contribution in [3.63, 3.8) is 0 Å². The first-order valence-corrected chi connectivity index (χ1v) is 8.55.